The molecule has 4 nitrogen and oxygen atoms in total. The molecule has 0 aliphatic heterocycles. The molecule has 0 radical (unpaired) electrons. The molecular formula is C12H20BrN3O. The van der Waals surface area contributed by atoms with Gasteiger partial charge in [-0.05, 0) is 29.3 Å². The van der Waals surface area contributed by atoms with E-state index < -0.39 is 0 Å². The van der Waals surface area contributed by atoms with Gasteiger partial charge in [-0.1, -0.05) is 13.3 Å². The highest BCUT2D eigenvalue weighted by Gasteiger charge is 2.12. The number of hydrogen-bond acceptors (Lipinski definition) is 4. The van der Waals surface area contributed by atoms with Crippen molar-refractivity contribution in [3.8, 4) is 0 Å². The summed E-state index contributed by atoms with van der Waals surface area (Å²) in [5, 5.41) is 3.09. The van der Waals surface area contributed by atoms with Crippen molar-refractivity contribution in [3.63, 3.8) is 0 Å². The topological polar surface area (TPSA) is 47.0 Å². The summed E-state index contributed by atoms with van der Waals surface area (Å²) >= 11 is 3.54. The largest absolute Gasteiger partial charge is 0.381 e. The molecule has 0 amide bonds. The lowest BCUT2D eigenvalue weighted by Crippen LogP contribution is -2.14. The fourth-order valence-electron chi connectivity index (χ4n) is 1.54. The Hall–Kier alpha value is -0.680. The summed E-state index contributed by atoms with van der Waals surface area (Å²) in [5.74, 6) is 1.68. The summed E-state index contributed by atoms with van der Waals surface area (Å²) in [7, 11) is 3.57. The molecule has 0 aliphatic carbocycles. The molecule has 5 heteroatoms. The van der Waals surface area contributed by atoms with Crippen LogP contribution in [0.2, 0.25) is 0 Å². The smallest absolute Gasteiger partial charge is 0.144 e. The molecule has 0 aliphatic rings. The summed E-state index contributed by atoms with van der Waals surface area (Å²) in [6.45, 7) is 4.16. The van der Waals surface area contributed by atoms with Gasteiger partial charge >= 0.3 is 0 Å². The Morgan fingerprint density at radius 2 is 2.12 bits per heavy atom. The first kappa shape index (κ1) is 14.4. The second kappa shape index (κ2) is 6.91. The van der Waals surface area contributed by atoms with Crippen LogP contribution in [0.3, 0.4) is 0 Å². The first-order valence-corrected chi connectivity index (χ1v) is 6.67. The van der Waals surface area contributed by atoms with Gasteiger partial charge < -0.3 is 10.1 Å². The van der Waals surface area contributed by atoms with Gasteiger partial charge in [0.2, 0.25) is 0 Å². The molecule has 0 spiro atoms. The minimum atomic E-state index is 0.135. The van der Waals surface area contributed by atoms with Crippen LogP contribution in [-0.4, -0.2) is 30.2 Å². The van der Waals surface area contributed by atoms with Crippen LogP contribution < -0.4 is 5.32 Å². The maximum atomic E-state index is 5.25. The van der Waals surface area contributed by atoms with E-state index in [1.54, 1.807) is 7.11 Å². The number of nitrogens with one attached hydrogen (secondary N) is 1. The number of ether oxygens (including phenoxy) is 1. The molecule has 1 N–H and O–H groups in total. The number of methoxy groups -OCH3 is 1. The predicted octanol–water partition coefficient (Wildman–Crippen LogP) is 2.81. The van der Waals surface area contributed by atoms with Crippen molar-refractivity contribution in [1.29, 1.82) is 0 Å². The van der Waals surface area contributed by atoms with Crippen LogP contribution in [0.15, 0.2) is 4.47 Å². The summed E-state index contributed by atoms with van der Waals surface area (Å²) in [6.07, 6.45) is 2.88. The second-order valence-electron chi connectivity index (χ2n) is 4.00. The third-order valence-corrected chi connectivity index (χ3v) is 3.40. The summed E-state index contributed by atoms with van der Waals surface area (Å²) in [5.41, 5.74) is 1.06. The Morgan fingerprint density at radius 1 is 1.41 bits per heavy atom. The third-order valence-electron chi connectivity index (χ3n) is 2.56. The van der Waals surface area contributed by atoms with Gasteiger partial charge in [0.15, 0.2) is 0 Å². The highest BCUT2D eigenvalue weighted by atomic mass is 79.9. The number of aryl methyl sites for hydroxylation is 1. The standard InChI is InChI=1S/C12H20BrN3O/c1-5-6-9-11(13)12(14-3)16-10(15-9)7-8(2)17-4/h8H,5-7H2,1-4H3,(H,14,15,16). The molecule has 1 heterocycles. The maximum Gasteiger partial charge on any atom is 0.144 e. The van der Waals surface area contributed by atoms with Crippen molar-refractivity contribution in [1.82, 2.24) is 9.97 Å². The summed E-state index contributed by atoms with van der Waals surface area (Å²) in [4.78, 5) is 9.05. The number of rotatable bonds is 6. The Morgan fingerprint density at radius 3 is 2.65 bits per heavy atom. The Kier molecular flexibility index (Phi) is 5.85. The zero-order valence-electron chi connectivity index (χ0n) is 10.9. The van der Waals surface area contributed by atoms with E-state index in [1.165, 1.54) is 0 Å². The minimum absolute atomic E-state index is 0.135. The van der Waals surface area contributed by atoms with Crippen molar-refractivity contribution in [2.45, 2.75) is 39.2 Å². The molecular weight excluding hydrogens is 282 g/mol. The van der Waals surface area contributed by atoms with E-state index in [-0.39, 0.29) is 6.10 Å². The number of halogens is 1. The number of aromatic nitrogens is 2. The van der Waals surface area contributed by atoms with Crippen molar-refractivity contribution < 1.29 is 4.74 Å². The van der Waals surface area contributed by atoms with Crippen LogP contribution in [0, 0.1) is 0 Å². The van der Waals surface area contributed by atoms with Crippen LogP contribution in [-0.2, 0) is 17.6 Å². The third kappa shape index (κ3) is 3.92. The van der Waals surface area contributed by atoms with E-state index in [4.69, 9.17) is 4.74 Å². The lowest BCUT2D eigenvalue weighted by molar-refractivity contribution is 0.117. The van der Waals surface area contributed by atoms with Gasteiger partial charge in [-0.25, -0.2) is 9.97 Å². The van der Waals surface area contributed by atoms with E-state index in [0.717, 1.165) is 41.1 Å². The maximum absolute atomic E-state index is 5.25. The van der Waals surface area contributed by atoms with Gasteiger partial charge in [0, 0.05) is 20.6 Å². The number of nitrogens with zero attached hydrogens (tertiary/aromatic N) is 2. The highest BCUT2D eigenvalue weighted by molar-refractivity contribution is 9.10. The molecule has 0 saturated carbocycles. The number of hydrogen-bond donors (Lipinski definition) is 1. The molecule has 17 heavy (non-hydrogen) atoms. The molecule has 0 aromatic carbocycles. The molecule has 0 fully saturated rings. The van der Waals surface area contributed by atoms with Crippen LogP contribution in [0.25, 0.3) is 0 Å². The monoisotopic (exact) mass is 301 g/mol. The first-order valence-electron chi connectivity index (χ1n) is 5.88. The Labute approximate surface area is 111 Å². The fourth-order valence-corrected chi connectivity index (χ4v) is 2.12. The van der Waals surface area contributed by atoms with E-state index >= 15 is 0 Å². The average molecular weight is 302 g/mol. The van der Waals surface area contributed by atoms with Crippen LogP contribution >= 0.6 is 15.9 Å². The molecule has 1 atom stereocenters. The predicted molar refractivity (Wildman–Crippen MR) is 73.4 cm³/mol. The van der Waals surface area contributed by atoms with Crippen molar-refractivity contribution in [2.75, 3.05) is 19.5 Å². The molecule has 0 saturated heterocycles. The minimum Gasteiger partial charge on any atom is -0.381 e. The van der Waals surface area contributed by atoms with Gasteiger partial charge in [0.25, 0.3) is 0 Å². The van der Waals surface area contributed by atoms with E-state index in [0.29, 0.717) is 0 Å². The molecule has 0 bridgehead atoms. The normalized spacial score (nSPS) is 12.5. The zero-order chi connectivity index (χ0) is 12.8. The summed E-state index contributed by atoms with van der Waals surface area (Å²) < 4.78 is 6.21. The van der Waals surface area contributed by atoms with Crippen LogP contribution in [0.1, 0.15) is 31.8 Å². The highest BCUT2D eigenvalue weighted by Crippen LogP contribution is 2.24. The van der Waals surface area contributed by atoms with Gasteiger partial charge in [-0.2, -0.15) is 0 Å². The second-order valence-corrected chi connectivity index (χ2v) is 4.79. The first-order chi connectivity index (χ1) is 8.12. The molecule has 96 valence electrons. The zero-order valence-corrected chi connectivity index (χ0v) is 12.5. The lowest BCUT2D eigenvalue weighted by atomic mass is 10.2. The number of anilines is 1. The molecule has 1 unspecified atom stereocenters. The van der Waals surface area contributed by atoms with E-state index in [9.17, 15) is 0 Å². The van der Waals surface area contributed by atoms with E-state index in [1.807, 2.05) is 14.0 Å². The average Bonchev–Trinajstić information content (AvgIpc) is 2.33. The molecule has 1 rings (SSSR count). The summed E-state index contributed by atoms with van der Waals surface area (Å²) in [6, 6.07) is 0. The van der Waals surface area contributed by atoms with Crippen molar-refractivity contribution in [3.05, 3.63) is 16.0 Å². The van der Waals surface area contributed by atoms with Crippen LogP contribution in [0.4, 0.5) is 5.82 Å². The van der Waals surface area contributed by atoms with Gasteiger partial charge in [0.1, 0.15) is 11.6 Å². The van der Waals surface area contributed by atoms with Crippen molar-refractivity contribution in [2.24, 2.45) is 0 Å². The quantitative estimate of drug-likeness (QED) is 0.878. The Bertz CT molecular complexity index is 371. The van der Waals surface area contributed by atoms with Crippen molar-refractivity contribution >= 4 is 21.7 Å². The van der Waals surface area contributed by atoms with Gasteiger partial charge in [0.05, 0.1) is 16.3 Å². The SMILES string of the molecule is CCCc1nc(CC(C)OC)nc(NC)c1Br. The molecule has 1 aromatic rings. The van der Waals surface area contributed by atoms with Gasteiger partial charge in [-0.3, -0.25) is 0 Å². The van der Waals surface area contributed by atoms with Crippen LogP contribution in [0.5, 0.6) is 0 Å². The van der Waals surface area contributed by atoms with Gasteiger partial charge in [-0.15, -0.1) is 0 Å². The lowest BCUT2D eigenvalue weighted by Gasteiger charge is -2.13. The Balaban J connectivity index is 3.02. The fraction of sp³-hybridized carbons (Fsp3) is 0.667. The van der Waals surface area contributed by atoms with E-state index in [2.05, 4.69) is 38.1 Å². The molecule has 1 aromatic heterocycles.